The highest BCUT2D eigenvalue weighted by Crippen LogP contribution is 2.36. The zero-order valence-corrected chi connectivity index (χ0v) is 14.7. The minimum Gasteiger partial charge on any atom is -0.313 e. The Kier molecular flexibility index (Phi) is 8.13. The molecular formula is C18H38N2. The van der Waals surface area contributed by atoms with E-state index in [1.54, 1.807) is 0 Å². The lowest BCUT2D eigenvalue weighted by Gasteiger charge is -2.38. The topological polar surface area (TPSA) is 15.3 Å². The van der Waals surface area contributed by atoms with Gasteiger partial charge < -0.3 is 10.2 Å². The number of likely N-dealkylation sites (N-methyl/N-ethyl adjacent to an activating group) is 1. The fourth-order valence-electron chi connectivity index (χ4n) is 3.30. The fraction of sp³-hybridized carbons (Fsp3) is 1.00. The first-order chi connectivity index (χ1) is 9.44. The third-order valence-corrected chi connectivity index (χ3v) is 5.13. The molecule has 1 saturated carbocycles. The van der Waals surface area contributed by atoms with Gasteiger partial charge >= 0.3 is 0 Å². The molecule has 1 aliphatic rings. The van der Waals surface area contributed by atoms with Gasteiger partial charge in [0, 0.05) is 25.2 Å². The van der Waals surface area contributed by atoms with Crippen molar-refractivity contribution in [2.45, 2.75) is 91.1 Å². The molecule has 1 atom stereocenters. The molecule has 1 fully saturated rings. The van der Waals surface area contributed by atoms with Crippen molar-refractivity contribution in [2.24, 2.45) is 5.41 Å². The number of rotatable bonds is 9. The summed E-state index contributed by atoms with van der Waals surface area (Å²) < 4.78 is 0. The van der Waals surface area contributed by atoms with Gasteiger partial charge in [-0.15, -0.1) is 0 Å². The van der Waals surface area contributed by atoms with Crippen LogP contribution in [-0.2, 0) is 0 Å². The van der Waals surface area contributed by atoms with Crippen LogP contribution in [0, 0.1) is 5.41 Å². The molecule has 20 heavy (non-hydrogen) atoms. The molecule has 2 heteroatoms. The predicted molar refractivity (Wildman–Crippen MR) is 90.3 cm³/mol. The summed E-state index contributed by atoms with van der Waals surface area (Å²) in [6.45, 7) is 11.8. The molecule has 1 rings (SSSR count). The molecule has 0 radical (unpaired) electrons. The van der Waals surface area contributed by atoms with E-state index >= 15 is 0 Å². The normalized spacial score (nSPS) is 21.3. The molecule has 1 N–H and O–H groups in total. The average Bonchev–Trinajstić information content (AvgIpc) is 2.38. The monoisotopic (exact) mass is 282 g/mol. The van der Waals surface area contributed by atoms with Crippen LogP contribution < -0.4 is 5.32 Å². The van der Waals surface area contributed by atoms with E-state index in [0.29, 0.717) is 11.5 Å². The lowest BCUT2D eigenvalue weighted by molar-refractivity contribution is 0.127. The molecule has 0 saturated heterocycles. The first-order valence-electron chi connectivity index (χ1n) is 8.88. The van der Waals surface area contributed by atoms with E-state index in [2.05, 4.69) is 45.0 Å². The van der Waals surface area contributed by atoms with Crippen LogP contribution in [0.5, 0.6) is 0 Å². The molecule has 0 heterocycles. The first kappa shape index (κ1) is 18.0. The fourth-order valence-corrected chi connectivity index (χ4v) is 3.30. The molecule has 120 valence electrons. The highest BCUT2D eigenvalue weighted by atomic mass is 15.1. The van der Waals surface area contributed by atoms with Crippen LogP contribution in [0.3, 0.4) is 0 Å². The SMILES string of the molecule is CCCCCC(C)NCCN(C)C1CCC(C)(C)CC1. The second-order valence-electron chi connectivity index (χ2n) is 7.73. The molecule has 1 unspecified atom stereocenters. The van der Waals surface area contributed by atoms with Gasteiger partial charge in [0.25, 0.3) is 0 Å². The summed E-state index contributed by atoms with van der Waals surface area (Å²) in [6.07, 6.45) is 11.0. The Labute approximate surface area is 127 Å². The van der Waals surface area contributed by atoms with Crippen molar-refractivity contribution in [3.05, 3.63) is 0 Å². The van der Waals surface area contributed by atoms with Gasteiger partial charge in [-0.1, -0.05) is 40.0 Å². The van der Waals surface area contributed by atoms with Gasteiger partial charge in [0.2, 0.25) is 0 Å². The summed E-state index contributed by atoms with van der Waals surface area (Å²) >= 11 is 0. The molecule has 0 amide bonds. The van der Waals surface area contributed by atoms with Crippen molar-refractivity contribution in [3.8, 4) is 0 Å². The largest absolute Gasteiger partial charge is 0.313 e. The second-order valence-corrected chi connectivity index (χ2v) is 7.73. The quantitative estimate of drug-likeness (QED) is 0.629. The zero-order chi connectivity index (χ0) is 15.0. The summed E-state index contributed by atoms with van der Waals surface area (Å²) in [5.41, 5.74) is 0.587. The Morgan fingerprint density at radius 3 is 2.45 bits per heavy atom. The van der Waals surface area contributed by atoms with Crippen LogP contribution in [-0.4, -0.2) is 37.1 Å². The summed E-state index contributed by atoms with van der Waals surface area (Å²) in [4.78, 5) is 2.58. The van der Waals surface area contributed by atoms with Gasteiger partial charge in [-0.05, 0) is 51.5 Å². The summed E-state index contributed by atoms with van der Waals surface area (Å²) in [6, 6.07) is 1.50. The van der Waals surface area contributed by atoms with Crippen molar-refractivity contribution in [3.63, 3.8) is 0 Å². The molecule has 1 aliphatic carbocycles. The molecule has 0 aromatic rings. The Balaban J connectivity index is 2.09. The Morgan fingerprint density at radius 1 is 1.20 bits per heavy atom. The smallest absolute Gasteiger partial charge is 0.0107 e. The molecule has 2 nitrogen and oxygen atoms in total. The van der Waals surface area contributed by atoms with Crippen LogP contribution in [0.25, 0.3) is 0 Å². The van der Waals surface area contributed by atoms with Crippen LogP contribution in [0.4, 0.5) is 0 Å². The van der Waals surface area contributed by atoms with E-state index in [0.717, 1.165) is 12.6 Å². The molecular weight excluding hydrogens is 244 g/mol. The van der Waals surface area contributed by atoms with Gasteiger partial charge in [-0.25, -0.2) is 0 Å². The molecule has 0 bridgehead atoms. The summed E-state index contributed by atoms with van der Waals surface area (Å²) in [5.74, 6) is 0. The number of hydrogen-bond donors (Lipinski definition) is 1. The Morgan fingerprint density at radius 2 is 1.85 bits per heavy atom. The predicted octanol–water partition coefficient (Wildman–Crippen LogP) is 4.45. The van der Waals surface area contributed by atoms with E-state index in [1.165, 1.54) is 57.9 Å². The highest BCUT2D eigenvalue weighted by molar-refractivity contribution is 4.83. The van der Waals surface area contributed by atoms with E-state index in [9.17, 15) is 0 Å². The van der Waals surface area contributed by atoms with Crippen molar-refractivity contribution >= 4 is 0 Å². The van der Waals surface area contributed by atoms with E-state index in [-0.39, 0.29) is 0 Å². The molecule has 0 spiro atoms. The summed E-state index contributed by atoms with van der Waals surface area (Å²) in [5, 5.41) is 3.69. The lowest BCUT2D eigenvalue weighted by Crippen LogP contribution is -2.41. The second kappa shape index (κ2) is 9.04. The third-order valence-electron chi connectivity index (χ3n) is 5.13. The zero-order valence-electron chi connectivity index (χ0n) is 14.7. The van der Waals surface area contributed by atoms with Crippen LogP contribution in [0.15, 0.2) is 0 Å². The number of nitrogens with one attached hydrogen (secondary N) is 1. The maximum atomic E-state index is 3.69. The van der Waals surface area contributed by atoms with Crippen LogP contribution in [0.2, 0.25) is 0 Å². The maximum absolute atomic E-state index is 3.69. The molecule has 0 aromatic carbocycles. The van der Waals surface area contributed by atoms with Crippen molar-refractivity contribution in [1.82, 2.24) is 10.2 Å². The Bertz CT molecular complexity index is 240. The summed E-state index contributed by atoms with van der Waals surface area (Å²) in [7, 11) is 2.31. The van der Waals surface area contributed by atoms with Gasteiger partial charge in [-0.2, -0.15) is 0 Å². The van der Waals surface area contributed by atoms with Gasteiger partial charge in [0.1, 0.15) is 0 Å². The Hall–Kier alpha value is -0.0800. The number of hydrogen-bond acceptors (Lipinski definition) is 2. The average molecular weight is 283 g/mol. The van der Waals surface area contributed by atoms with E-state index in [4.69, 9.17) is 0 Å². The van der Waals surface area contributed by atoms with Gasteiger partial charge in [-0.3, -0.25) is 0 Å². The van der Waals surface area contributed by atoms with Crippen molar-refractivity contribution in [1.29, 1.82) is 0 Å². The lowest BCUT2D eigenvalue weighted by atomic mass is 9.75. The van der Waals surface area contributed by atoms with Gasteiger partial charge in [0.05, 0.1) is 0 Å². The van der Waals surface area contributed by atoms with Crippen molar-refractivity contribution < 1.29 is 0 Å². The van der Waals surface area contributed by atoms with Crippen LogP contribution >= 0.6 is 0 Å². The number of unbranched alkanes of at least 4 members (excludes halogenated alkanes) is 2. The van der Waals surface area contributed by atoms with Crippen LogP contribution in [0.1, 0.15) is 79.1 Å². The molecule has 0 aliphatic heterocycles. The minimum atomic E-state index is 0.587. The number of nitrogens with zero attached hydrogens (tertiary/aromatic N) is 1. The highest BCUT2D eigenvalue weighted by Gasteiger charge is 2.28. The van der Waals surface area contributed by atoms with Gasteiger partial charge in [0.15, 0.2) is 0 Å². The third kappa shape index (κ3) is 7.08. The van der Waals surface area contributed by atoms with E-state index < -0.39 is 0 Å². The maximum Gasteiger partial charge on any atom is 0.0107 e. The van der Waals surface area contributed by atoms with E-state index in [1.807, 2.05) is 0 Å². The standard InChI is InChI=1S/C18H38N2/c1-6-7-8-9-16(2)19-14-15-20(5)17-10-12-18(3,4)13-11-17/h16-17,19H,6-15H2,1-5H3. The minimum absolute atomic E-state index is 0.587. The van der Waals surface area contributed by atoms with Crippen molar-refractivity contribution in [2.75, 3.05) is 20.1 Å². The first-order valence-corrected chi connectivity index (χ1v) is 8.88. The molecule has 0 aromatic heterocycles.